The summed E-state index contributed by atoms with van der Waals surface area (Å²) in [6.07, 6.45) is -1.24. The lowest BCUT2D eigenvalue weighted by molar-refractivity contribution is -0.117. The molecule has 1 saturated carbocycles. The summed E-state index contributed by atoms with van der Waals surface area (Å²) < 4.78 is -1.36. The predicted molar refractivity (Wildman–Crippen MR) is 143 cm³/mol. The van der Waals surface area contributed by atoms with Crippen LogP contribution in [0.25, 0.3) is 0 Å². The van der Waals surface area contributed by atoms with Crippen molar-refractivity contribution in [3.05, 3.63) is 86.9 Å². The largest absolute Gasteiger partial charge is 0.465 e. The number of carboxylic acid groups (broad SMARTS) is 1. The van der Waals surface area contributed by atoms with Gasteiger partial charge in [0.05, 0.1) is 16.5 Å². The van der Waals surface area contributed by atoms with E-state index in [2.05, 4.69) is 16.0 Å². The summed E-state index contributed by atoms with van der Waals surface area (Å²) in [7, 11) is 0. The Kier molecular flexibility index (Phi) is 7.59. The summed E-state index contributed by atoms with van der Waals surface area (Å²) in [5.41, 5.74) is 1.64. The van der Waals surface area contributed by atoms with Gasteiger partial charge < -0.3 is 15.7 Å². The molecular weight excluding hydrogens is 572 g/mol. The van der Waals surface area contributed by atoms with Crippen LogP contribution >= 0.6 is 58.0 Å². The number of alkyl halides is 2. The average Bonchev–Trinajstić information content (AvgIpc) is 3.36. The number of rotatable bonds is 6. The zero-order valence-corrected chi connectivity index (χ0v) is 21.8. The quantitative estimate of drug-likeness (QED) is 0.224. The van der Waals surface area contributed by atoms with E-state index in [-0.39, 0.29) is 16.3 Å². The Hall–Kier alpha value is -2.68. The van der Waals surface area contributed by atoms with Crippen molar-refractivity contribution in [3.8, 4) is 0 Å². The summed E-state index contributed by atoms with van der Waals surface area (Å²) in [6.45, 7) is 0. The molecule has 0 bridgehead atoms. The molecule has 0 heterocycles. The highest BCUT2D eigenvalue weighted by molar-refractivity contribution is 6.53. The van der Waals surface area contributed by atoms with Gasteiger partial charge in [0.15, 0.2) is 0 Å². The van der Waals surface area contributed by atoms with Gasteiger partial charge in [-0.2, -0.15) is 0 Å². The van der Waals surface area contributed by atoms with Crippen molar-refractivity contribution >= 4 is 93.0 Å². The van der Waals surface area contributed by atoms with Crippen LogP contribution in [0.3, 0.4) is 0 Å². The molecule has 2 unspecified atom stereocenters. The first-order chi connectivity index (χ1) is 17.0. The minimum atomic E-state index is -1.36. The standard InChI is InChI=1S/C24H16Cl5N3O4/c25-12-6-11(7-13(26)8-12)19-20(24(19,28)29)22(34)31-16-4-5-18(27)17(10-16)21(33)30-14-2-1-3-15(9-14)32-23(35)36/h1-10,19-20,32H,(H,30,33)(H,31,34)(H,35,36). The van der Waals surface area contributed by atoms with Crippen LogP contribution in [0.1, 0.15) is 21.8 Å². The molecule has 3 aromatic rings. The molecule has 1 aliphatic carbocycles. The number of halogens is 5. The second-order valence-electron chi connectivity index (χ2n) is 7.98. The third-order valence-corrected chi connectivity index (χ3v) is 7.14. The molecule has 0 saturated heterocycles. The Morgan fingerprint density at radius 1 is 0.778 bits per heavy atom. The first-order valence-corrected chi connectivity index (χ1v) is 12.2. The molecule has 1 fully saturated rings. The smallest absolute Gasteiger partial charge is 0.409 e. The van der Waals surface area contributed by atoms with E-state index in [1.54, 1.807) is 30.3 Å². The van der Waals surface area contributed by atoms with E-state index in [0.717, 1.165) is 0 Å². The van der Waals surface area contributed by atoms with Crippen molar-refractivity contribution < 1.29 is 19.5 Å². The topological polar surface area (TPSA) is 108 Å². The molecule has 186 valence electrons. The number of amides is 3. The fourth-order valence-electron chi connectivity index (χ4n) is 3.82. The third kappa shape index (κ3) is 5.82. The average molecular weight is 588 g/mol. The molecule has 0 spiro atoms. The molecule has 2 atom stereocenters. The van der Waals surface area contributed by atoms with Gasteiger partial charge in [-0.05, 0) is 60.2 Å². The normalized spacial score (nSPS) is 17.7. The van der Waals surface area contributed by atoms with Crippen LogP contribution in [-0.2, 0) is 4.79 Å². The van der Waals surface area contributed by atoms with E-state index in [1.165, 1.54) is 30.3 Å². The summed E-state index contributed by atoms with van der Waals surface area (Å²) >= 11 is 31.2. The molecule has 4 rings (SSSR count). The van der Waals surface area contributed by atoms with E-state index in [4.69, 9.17) is 63.1 Å². The fourth-order valence-corrected chi connectivity index (χ4v) is 5.39. The Labute approximate surface area is 230 Å². The number of carbonyl (C=O) groups excluding carboxylic acids is 2. The van der Waals surface area contributed by atoms with E-state index < -0.39 is 34.1 Å². The minimum Gasteiger partial charge on any atom is -0.465 e. The van der Waals surface area contributed by atoms with Gasteiger partial charge in [0.25, 0.3) is 5.91 Å². The Morgan fingerprint density at radius 3 is 2.03 bits per heavy atom. The summed E-state index contributed by atoms with van der Waals surface area (Å²) in [5.74, 6) is -2.33. The van der Waals surface area contributed by atoms with Crippen molar-refractivity contribution in [1.29, 1.82) is 0 Å². The Balaban J connectivity index is 1.49. The highest BCUT2D eigenvalue weighted by Crippen LogP contribution is 2.65. The molecule has 3 aromatic carbocycles. The predicted octanol–water partition coefficient (Wildman–Crippen LogP) is 7.52. The molecule has 36 heavy (non-hydrogen) atoms. The number of hydrogen-bond acceptors (Lipinski definition) is 3. The monoisotopic (exact) mass is 585 g/mol. The molecule has 0 radical (unpaired) electrons. The third-order valence-electron chi connectivity index (χ3n) is 5.43. The number of anilines is 3. The van der Waals surface area contributed by atoms with Crippen molar-refractivity contribution in [3.63, 3.8) is 0 Å². The molecule has 4 N–H and O–H groups in total. The maximum Gasteiger partial charge on any atom is 0.409 e. The van der Waals surface area contributed by atoms with Gasteiger partial charge in [0.2, 0.25) is 5.91 Å². The van der Waals surface area contributed by atoms with Crippen molar-refractivity contribution in [1.82, 2.24) is 0 Å². The first kappa shape index (κ1) is 26.4. The summed E-state index contributed by atoms with van der Waals surface area (Å²) in [5, 5.41) is 17.4. The van der Waals surface area contributed by atoms with E-state index in [9.17, 15) is 14.4 Å². The molecule has 3 amide bonds. The van der Waals surface area contributed by atoms with Crippen LogP contribution < -0.4 is 16.0 Å². The highest BCUT2D eigenvalue weighted by Gasteiger charge is 2.67. The highest BCUT2D eigenvalue weighted by atomic mass is 35.5. The second kappa shape index (κ2) is 10.4. The van der Waals surface area contributed by atoms with Gasteiger partial charge in [0.1, 0.15) is 4.33 Å². The number of nitrogens with one attached hydrogen (secondary N) is 3. The second-order valence-corrected chi connectivity index (χ2v) is 10.7. The molecule has 7 nitrogen and oxygen atoms in total. The lowest BCUT2D eigenvalue weighted by Gasteiger charge is -2.11. The SMILES string of the molecule is O=C(O)Nc1cccc(NC(=O)c2cc(NC(=O)C3C(c4cc(Cl)cc(Cl)c4)C3(Cl)Cl)ccc2Cl)c1. The maximum absolute atomic E-state index is 13.0. The molecule has 12 heteroatoms. The van der Waals surface area contributed by atoms with Crippen LogP contribution in [0, 0.1) is 5.92 Å². The zero-order chi connectivity index (χ0) is 26.2. The number of hydrogen-bond donors (Lipinski definition) is 4. The molecule has 1 aliphatic rings. The summed E-state index contributed by atoms with van der Waals surface area (Å²) in [6, 6.07) is 15.4. The first-order valence-electron chi connectivity index (χ1n) is 10.3. The van der Waals surface area contributed by atoms with Crippen LogP contribution in [0.15, 0.2) is 60.7 Å². The van der Waals surface area contributed by atoms with Gasteiger partial charge in [-0.15, -0.1) is 23.2 Å². The Bertz CT molecular complexity index is 1360. The van der Waals surface area contributed by atoms with Crippen LogP contribution in [0.4, 0.5) is 21.9 Å². The van der Waals surface area contributed by atoms with Crippen molar-refractivity contribution in [2.45, 2.75) is 10.3 Å². The van der Waals surface area contributed by atoms with Gasteiger partial charge in [-0.3, -0.25) is 14.9 Å². The fraction of sp³-hybridized carbons (Fsp3) is 0.125. The van der Waals surface area contributed by atoms with Crippen LogP contribution in [-0.4, -0.2) is 27.3 Å². The van der Waals surface area contributed by atoms with Crippen LogP contribution in [0.5, 0.6) is 0 Å². The maximum atomic E-state index is 13.0. The van der Waals surface area contributed by atoms with E-state index in [0.29, 0.717) is 27.0 Å². The number of carbonyl (C=O) groups is 3. The van der Waals surface area contributed by atoms with E-state index >= 15 is 0 Å². The van der Waals surface area contributed by atoms with Gasteiger partial charge >= 0.3 is 6.09 Å². The van der Waals surface area contributed by atoms with Gasteiger partial charge in [-0.25, -0.2) is 4.79 Å². The zero-order valence-electron chi connectivity index (χ0n) is 18.0. The van der Waals surface area contributed by atoms with Gasteiger partial charge in [-0.1, -0.05) is 40.9 Å². The summed E-state index contributed by atoms with van der Waals surface area (Å²) in [4.78, 5) is 36.7. The Morgan fingerprint density at radius 2 is 1.39 bits per heavy atom. The van der Waals surface area contributed by atoms with Crippen LogP contribution in [0.2, 0.25) is 15.1 Å². The lowest BCUT2D eigenvalue weighted by atomic mass is 10.1. The molecule has 0 aromatic heterocycles. The lowest BCUT2D eigenvalue weighted by Crippen LogP contribution is -2.18. The van der Waals surface area contributed by atoms with Crippen molar-refractivity contribution in [2.75, 3.05) is 16.0 Å². The van der Waals surface area contributed by atoms with Gasteiger partial charge in [0, 0.05) is 33.0 Å². The minimum absolute atomic E-state index is 0.0862. The van der Waals surface area contributed by atoms with E-state index in [1.807, 2.05) is 0 Å². The van der Waals surface area contributed by atoms with Crippen molar-refractivity contribution in [2.24, 2.45) is 5.92 Å². The molecular formula is C24H16Cl5N3O4. The number of benzene rings is 3. The molecule has 0 aliphatic heterocycles.